The number of hydrogen-bond donors (Lipinski definition) is 1. The van der Waals surface area contributed by atoms with Crippen LogP contribution in [0.25, 0.3) is 0 Å². The van der Waals surface area contributed by atoms with Gasteiger partial charge in [0.15, 0.2) is 9.84 Å². The Kier molecular flexibility index (Phi) is 5.50. The zero-order valence-electron chi connectivity index (χ0n) is 12.9. The second-order valence-electron chi connectivity index (χ2n) is 5.81. The lowest BCUT2D eigenvalue weighted by Crippen LogP contribution is -2.30. The molecule has 0 unspecified atom stereocenters. The maximum absolute atomic E-state index is 12.3. The minimum atomic E-state index is -2.92. The van der Waals surface area contributed by atoms with Crippen LogP contribution in [0.5, 0.6) is 0 Å². The van der Waals surface area contributed by atoms with Crippen molar-refractivity contribution in [3.63, 3.8) is 0 Å². The van der Waals surface area contributed by atoms with Gasteiger partial charge in [-0.1, -0.05) is 24.9 Å². The normalized spacial score (nSPS) is 20.2. The van der Waals surface area contributed by atoms with Gasteiger partial charge < -0.3 is 5.32 Å². The summed E-state index contributed by atoms with van der Waals surface area (Å²) >= 11 is 6.24. The fourth-order valence-electron chi connectivity index (χ4n) is 2.63. The van der Waals surface area contributed by atoms with Crippen molar-refractivity contribution in [1.29, 1.82) is 0 Å². The van der Waals surface area contributed by atoms with Crippen LogP contribution in [0.15, 0.2) is 0 Å². The first-order valence-corrected chi connectivity index (χ1v) is 9.75. The summed E-state index contributed by atoms with van der Waals surface area (Å²) in [7, 11) is -2.92. The maximum atomic E-state index is 12.3. The molecule has 2 heterocycles. The number of unbranched alkanes of at least 4 members (excludes halogenated alkanes) is 1. The Hall–Kier alpha value is -1.08. The van der Waals surface area contributed by atoms with E-state index in [1.54, 1.807) is 11.6 Å². The molecule has 0 saturated carbocycles. The molecule has 1 aromatic heterocycles. The highest BCUT2D eigenvalue weighted by Crippen LogP contribution is 2.21. The van der Waals surface area contributed by atoms with Gasteiger partial charge >= 0.3 is 0 Å². The number of halogens is 1. The highest BCUT2D eigenvalue weighted by molar-refractivity contribution is 7.91. The lowest BCUT2D eigenvalue weighted by Gasteiger charge is -2.09. The van der Waals surface area contributed by atoms with Crippen LogP contribution in [0.3, 0.4) is 0 Å². The Balaban J connectivity index is 1.99. The van der Waals surface area contributed by atoms with Crippen molar-refractivity contribution in [3.8, 4) is 0 Å². The van der Waals surface area contributed by atoms with Crippen LogP contribution < -0.4 is 5.32 Å². The highest BCUT2D eigenvalue weighted by atomic mass is 35.5. The van der Waals surface area contributed by atoms with Crippen LogP contribution in [-0.2, 0) is 16.4 Å². The summed E-state index contributed by atoms with van der Waals surface area (Å²) in [5.41, 5.74) is 0.983. The molecule has 1 saturated heterocycles. The quantitative estimate of drug-likeness (QED) is 0.850. The molecule has 1 amide bonds. The molecule has 1 atom stereocenters. The van der Waals surface area contributed by atoms with E-state index >= 15 is 0 Å². The molecule has 1 aliphatic rings. The molecule has 6 nitrogen and oxygen atoms in total. The van der Waals surface area contributed by atoms with Crippen LogP contribution in [0.1, 0.15) is 42.2 Å². The Morgan fingerprint density at radius 3 is 2.82 bits per heavy atom. The topological polar surface area (TPSA) is 81.1 Å². The summed E-state index contributed by atoms with van der Waals surface area (Å²) < 4.78 is 24.5. The number of aromatic nitrogens is 2. The Bertz CT molecular complexity index is 655. The van der Waals surface area contributed by atoms with Crippen LogP contribution >= 0.6 is 11.6 Å². The fourth-order valence-corrected chi connectivity index (χ4v) is 4.83. The smallest absolute Gasteiger partial charge is 0.256 e. The monoisotopic (exact) mass is 347 g/mol. The molecule has 0 aliphatic carbocycles. The molecule has 0 bridgehead atoms. The molecule has 1 aliphatic heterocycles. The highest BCUT2D eigenvalue weighted by Gasteiger charge is 2.28. The predicted octanol–water partition coefficient (Wildman–Crippen LogP) is 1.81. The van der Waals surface area contributed by atoms with Gasteiger partial charge in [-0.05, 0) is 25.7 Å². The molecular weight excluding hydrogens is 326 g/mol. The van der Waals surface area contributed by atoms with E-state index in [0.29, 0.717) is 35.9 Å². The number of sulfone groups is 1. The molecule has 1 N–H and O–H groups in total. The van der Waals surface area contributed by atoms with Crippen molar-refractivity contribution in [2.45, 2.75) is 39.7 Å². The average Bonchev–Trinajstić information content (AvgIpc) is 2.93. The maximum Gasteiger partial charge on any atom is 0.256 e. The number of rotatable bonds is 6. The van der Waals surface area contributed by atoms with Crippen molar-refractivity contribution in [2.75, 3.05) is 18.1 Å². The van der Waals surface area contributed by atoms with Gasteiger partial charge in [0, 0.05) is 13.1 Å². The SMILES string of the molecule is CCCCn1nc(C)c(C(=O)NC[C@@H]2CCS(=O)(=O)C2)c1Cl. The minimum absolute atomic E-state index is 0.0110. The van der Waals surface area contributed by atoms with E-state index < -0.39 is 9.84 Å². The Morgan fingerprint density at radius 1 is 1.50 bits per heavy atom. The molecular formula is C14H22ClN3O3S. The average molecular weight is 348 g/mol. The minimum Gasteiger partial charge on any atom is -0.352 e. The Labute approximate surface area is 136 Å². The van der Waals surface area contributed by atoms with Gasteiger partial charge in [0.2, 0.25) is 0 Å². The first kappa shape index (κ1) is 17.3. The summed E-state index contributed by atoms with van der Waals surface area (Å²) in [6.45, 7) is 4.87. The number of amides is 1. The lowest BCUT2D eigenvalue weighted by molar-refractivity contribution is 0.0948. The van der Waals surface area contributed by atoms with Crippen molar-refractivity contribution in [3.05, 3.63) is 16.4 Å². The van der Waals surface area contributed by atoms with Crippen LogP contribution in [0, 0.1) is 12.8 Å². The van der Waals surface area contributed by atoms with Gasteiger partial charge in [0.1, 0.15) is 5.15 Å². The number of nitrogens with one attached hydrogen (secondary N) is 1. The lowest BCUT2D eigenvalue weighted by atomic mass is 10.1. The molecule has 1 aromatic rings. The number of hydrogen-bond acceptors (Lipinski definition) is 4. The van der Waals surface area contributed by atoms with E-state index in [1.165, 1.54) is 0 Å². The van der Waals surface area contributed by atoms with E-state index in [2.05, 4.69) is 17.3 Å². The van der Waals surface area contributed by atoms with Gasteiger partial charge in [0.05, 0.1) is 22.8 Å². The summed E-state index contributed by atoms with van der Waals surface area (Å²) in [4.78, 5) is 12.3. The second-order valence-corrected chi connectivity index (χ2v) is 8.39. The molecule has 22 heavy (non-hydrogen) atoms. The predicted molar refractivity (Wildman–Crippen MR) is 86.0 cm³/mol. The zero-order chi connectivity index (χ0) is 16.3. The molecule has 0 aromatic carbocycles. The molecule has 124 valence electrons. The fraction of sp³-hybridized carbons (Fsp3) is 0.714. The van der Waals surface area contributed by atoms with E-state index in [4.69, 9.17) is 11.6 Å². The first-order chi connectivity index (χ1) is 10.3. The van der Waals surface area contributed by atoms with Crippen LogP contribution in [0.2, 0.25) is 5.15 Å². The zero-order valence-corrected chi connectivity index (χ0v) is 14.5. The summed E-state index contributed by atoms with van der Waals surface area (Å²) in [5.74, 6) is 0.0654. The van der Waals surface area contributed by atoms with Crippen molar-refractivity contribution < 1.29 is 13.2 Å². The molecule has 8 heteroatoms. The third-order valence-corrected chi connectivity index (χ3v) is 6.12. The third kappa shape index (κ3) is 4.01. The summed E-state index contributed by atoms with van der Waals surface area (Å²) in [6.07, 6.45) is 2.57. The molecule has 0 radical (unpaired) electrons. The van der Waals surface area contributed by atoms with Crippen molar-refractivity contribution in [2.24, 2.45) is 5.92 Å². The van der Waals surface area contributed by atoms with Gasteiger partial charge in [-0.3, -0.25) is 9.48 Å². The van der Waals surface area contributed by atoms with Gasteiger partial charge in [0.25, 0.3) is 5.91 Å². The van der Waals surface area contributed by atoms with Crippen LogP contribution in [0.4, 0.5) is 0 Å². The molecule has 1 fully saturated rings. The van der Waals surface area contributed by atoms with Crippen molar-refractivity contribution in [1.82, 2.24) is 15.1 Å². The number of aryl methyl sites for hydroxylation is 2. The second kappa shape index (κ2) is 7.00. The summed E-state index contributed by atoms with van der Waals surface area (Å²) in [6, 6.07) is 0. The molecule has 2 rings (SSSR count). The van der Waals surface area contributed by atoms with E-state index in [1.807, 2.05) is 0 Å². The first-order valence-electron chi connectivity index (χ1n) is 7.55. The molecule has 0 spiro atoms. The van der Waals surface area contributed by atoms with Crippen LogP contribution in [-0.4, -0.2) is 42.2 Å². The largest absolute Gasteiger partial charge is 0.352 e. The number of carbonyl (C=O) groups excluding carboxylic acids is 1. The number of nitrogens with zero attached hydrogens (tertiary/aromatic N) is 2. The van der Waals surface area contributed by atoms with Gasteiger partial charge in [-0.2, -0.15) is 5.10 Å². The van der Waals surface area contributed by atoms with E-state index in [-0.39, 0.29) is 23.3 Å². The Morgan fingerprint density at radius 2 is 2.23 bits per heavy atom. The third-order valence-electron chi connectivity index (χ3n) is 3.89. The standard InChI is InChI=1S/C14H22ClN3O3S/c1-3-4-6-18-13(15)12(10(2)17-18)14(19)16-8-11-5-7-22(20,21)9-11/h11H,3-9H2,1-2H3,(H,16,19)/t11-/m0/s1. The van der Waals surface area contributed by atoms with E-state index in [0.717, 1.165) is 12.8 Å². The van der Waals surface area contributed by atoms with Gasteiger partial charge in [-0.15, -0.1) is 0 Å². The summed E-state index contributed by atoms with van der Waals surface area (Å²) in [5, 5.41) is 7.44. The number of carbonyl (C=O) groups is 1. The van der Waals surface area contributed by atoms with Gasteiger partial charge in [-0.25, -0.2) is 8.42 Å². The van der Waals surface area contributed by atoms with E-state index in [9.17, 15) is 13.2 Å². The van der Waals surface area contributed by atoms with Crippen molar-refractivity contribution >= 4 is 27.3 Å².